The van der Waals surface area contributed by atoms with Gasteiger partial charge in [-0.05, 0) is 49.6 Å². The molecule has 2 N–H and O–H groups in total. The van der Waals surface area contributed by atoms with E-state index in [1.807, 2.05) is 48.7 Å². The van der Waals surface area contributed by atoms with Gasteiger partial charge in [0.1, 0.15) is 11.5 Å². The molecule has 296 valence electrons. The third-order valence-electron chi connectivity index (χ3n) is 10.2. The van der Waals surface area contributed by atoms with Gasteiger partial charge in [-0.25, -0.2) is 0 Å². The smallest absolute Gasteiger partial charge is 0.151 e. The number of unbranched alkanes of at least 4 members (excludes halogenated alkanes) is 27. The molecule has 0 bridgehead atoms. The number of hydrogen-bond donors (Lipinski definition) is 2. The Bertz CT molecular complexity index is 1100. The number of allylic oxidation sites excluding steroid dienone is 1. The Morgan fingerprint density at radius 1 is 0.481 bits per heavy atom. The average molecular weight is 721 g/mol. The summed E-state index contributed by atoms with van der Waals surface area (Å²) in [5.41, 5.74) is 8.39. The maximum absolute atomic E-state index is 6.23. The van der Waals surface area contributed by atoms with E-state index in [1.54, 1.807) is 7.11 Å². The Morgan fingerprint density at radius 2 is 0.942 bits per heavy atom. The quantitative estimate of drug-likeness (QED) is 0.0413. The fourth-order valence-corrected chi connectivity index (χ4v) is 6.79. The van der Waals surface area contributed by atoms with Crippen LogP contribution in [0.15, 0.2) is 54.8 Å². The van der Waals surface area contributed by atoms with Crippen LogP contribution in [-0.2, 0) is 0 Å². The van der Waals surface area contributed by atoms with Gasteiger partial charge < -0.3 is 14.2 Å². The third-order valence-corrected chi connectivity index (χ3v) is 10.2. The molecule has 0 saturated carbocycles. The highest BCUT2D eigenvalue weighted by Gasteiger charge is 2.08. The van der Waals surface area contributed by atoms with Gasteiger partial charge in [-0.1, -0.05) is 193 Å². The minimum absolute atomic E-state index is 0.711. The summed E-state index contributed by atoms with van der Waals surface area (Å²) in [6, 6.07) is 13.9. The number of methoxy groups -OCH3 is 1. The first-order valence-corrected chi connectivity index (χ1v) is 22.0. The van der Waals surface area contributed by atoms with E-state index in [-0.39, 0.29) is 0 Å². The van der Waals surface area contributed by atoms with Crippen LogP contribution in [0.5, 0.6) is 17.2 Å². The zero-order valence-electron chi connectivity index (χ0n) is 34.1. The zero-order chi connectivity index (χ0) is 37.0. The molecule has 0 spiro atoms. The normalized spacial score (nSPS) is 11.3. The molecule has 0 aliphatic rings. The second kappa shape index (κ2) is 34.0. The fourth-order valence-electron chi connectivity index (χ4n) is 6.79. The predicted molar refractivity (Wildman–Crippen MR) is 227 cm³/mol. The van der Waals surface area contributed by atoms with Crippen molar-refractivity contribution in [3.05, 3.63) is 54.8 Å². The van der Waals surface area contributed by atoms with Crippen molar-refractivity contribution in [3.63, 3.8) is 0 Å². The van der Waals surface area contributed by atoms with Crippen LogP contribution in [0.1, 0.15) is 200 Å². The molecule has 0 aliphatic heterocycles. The molecule has 0 atom stereocenters. The number of nitrogens with one attached hydrogen (secondary N) is 2. The van der Waals surface area contributed by atoms with Crippen LogP contribution in [-0.4, -0.2) is 13.7 Å². The number of benzene rings is 2. The highest BCUT2D eigenvalue weighted by molar-refractivity contribution is 5.65. The van der Waals surface area contributed by atoms with Crippen molar-refractivity contribution in [1.29, 1.82) is 0 Å². The lowest BCUT2D eigenvalue weighted by atomic mass is 10.0. The van der Waals surface area contributed by atoms with E-state index in [0.29, 0.717) is 6.61 Å². The summed E-state index contributed by atoms with van der Waals surface area (Å²) in [4.78, 5) is 0. The lowest BCUT2D eigenvalue weighted by Crippen LogP contribution is -2.11. The molecule has 2 rings (SSSR count). The van der Waals surface area contributed by atoms with Crippen molar-refractivity contribution in [2.24, 2.45) is 0 Å². The molecule has 0 heterocycles. The van der Waals surface area contributed by atoms with Crippen LogP contribution in [0, 0.1) is 0 Å². The van der Waals surface area contributed by atoms with E-state index >= 15 is 0 Å². The summed E-state index contributed by atoms with van der Waals surface area (Å²) in [6.07, 6.45) is 43.4. The van der Waals surface area contributed by atoms with E-state index in [9.17, 15) is 0 Å². The first-order valence-electron chi connectivity index (χ1n) is 22.0. The molecule has 0 aromatic heterocycles. The van der Waals surface area contributed by atoms with Crippen molar-refractivity contribution in [2.45, 2.75) is 200 Å². The molecular formula is C47H80N2O3. The highest BCUT2D eigenvalue weighted by atomic mass is 16.5. The molecule has 2 aromatic carbocycles. The van der Waals surface area contributed by atoms with E-state index in [0.717, 1.165) is 41.5 Å². The van der Waals surface area contributed by atoms with Gasteiger partial charge in [0, 0.05) is 6.07 Å². The Morgan fingerprint density at radius 3 is 1.46 bits per heavy atom. The van der Waals surface area contributed by atoms with Crippen LogP contribution in [0.3, 0.4) is 0 Å². The van der Waals surface area contributed by atoms with Crippen molar-refractivity contribution in [1.82, 2.24) is 0 Å². The molecule has 0 saturated heterocycles. The van der Waals surface area contributed by atoms with Gasteiger partial charge in [-0.3, -0.25) is 10.9 Å². The first-order chi connectivity index (χ1) is 25.8. The summed E-state index contributed by atoms with van der Waals surface area (Å²) >= 11 is 0. The summed E-state index contributed by atoms with van der Waals surface area (Å²) in [5.74, 6) is 2.37. The number of hydrazine groups is 1. The van der Waals surface area contributed by atoms with Gasteiger partial charge in [0.05, 0.1) is 31.4 Å². The van der Waals surface area contributed by atoms with Gasteiger partial charge in [0.15, 0.2) is 5.75 Å². The number of hydrogen-bond acceptors (Lipinski definition) is 5. The predicted octanol–water partition coefficient (Wildman–Crippen LogP) is 15.8. The number of ether oxygens (including phenoxy) is 3. The van der Waals surface area contributed by atoms with Crippen molar-refractivity contribution in [2.75, 3.05) is 24.6 Å². The van der Waals surface area contributed by atoms with Gasteiger partial charge in [-0.2, -0.15) is 0 Å². The van der Waals surface area contributed by atoms with Gasteiger partial charge in [-0.15, -0.1) is 0 Å². The second-order valence-electron chi connectivity index (χ2n) is 14.9. The van der Waals surface area contributed by atoms with Crippen LogP contribution in [0.4, 0.5) is 11.4 Å². The Labute approximate surface area is 321 Å². The first kappa shape index (κ1) is 45.3. The molecule has 0 radical (unpaired) electrons. The second-order valence-corrected chi connectivity index (χ2v) is 14.9. The Hall–Kier alpha value is -2.82. The molecule has 0 aliphatic carbocycles. The molecular weight excluding hydrogens is 641 g/mol. The van der Waals surface area contributed by atoms with E-state index < -0.39 is 0 Å². The number of para-hydroxylation sites is 2. The summed E-state index contributed by atoms with van der Waals surface area (Å²) in [5, 5.41) is 0. The van der Waals surface area contributed by atoms with E-state index in [4.69, 9.17) is 14.2 Å². The Kier molecular flexibility index (Phi) is 29.6. The maximum Gasteiger partial charge on any atom is 0.151 e. The SMILES string of the molecule is CCCCCCCCCCCCCCC=COc1ccccc1NNc1cc(OC)ccc1OCCCCCCCCCCCCCCCCCC. The van der Waals surface area contributed by atoms with Crippen molar-refractivity contribution < 1.29 is 14.2 Å². The van der Waals surface area contributed by atoms with Gasteiger partial charge in [0.25, 0.3) is 0 Å². The largest absolute Gasteiger partial charge is 0.497 e. The van der Waals surface area contributed by atoms with Crippen LogP contribution >= 0.6 is 0 Å². The summed E-state index contributed by atoms with van der Waals surface area (Å²) < 4.78 is 17.8. The summed E-state index contributed by atoms with van der Waals surface area (Å²) in [6.45, 7) is 5.29. The fraction of sp³-hybridized carbons (Fsp3) is 0.702. The number of rotatable bonds is 37. The Balaban J connectivity index is 1.58. The van der Waals surface area contributed by atoms with Gasteiger partial charge in [0.2, 0.25) is 0 Å². The average Bonchev–Trinajstić information content (AvgIpc) is 3.17. The van der Waals surface area contributed by atoms with Crippen LogP contribution in [0.2, 0.25) is 0 Å². The molecule has 0 unspecified atom stereocenters. The molecule has 0 fully saturated rings. The van der Waals surface area contributed by atoms with Crippen LogP contribution < -0.4 is 25.1 Å². The number of anilines is 2. The molecule has 5 nitrogen and oxygen atoms in total. The standard InChI is InChI=1S/C47H80N2O3/c1-4-6-8-10-12-14-16-18-20-21-23-25-27-29-31-35-41-52-47-39-38-43(50-3)42-45(47)49-48-44-36-32-33-37-46(44)51-40-34-30-28-26-24-22-19-17-15-13-11-9-7-5-2/h32-34,36-40,42,48-49H,4-31,35,41H2,1-3H3. The monoisotopic (exact) mass is 721 g/mol. The molecule has 5 heteroatoms. The lowest BCUT2D eigenvalue weighted by Gasteiger charge is -2.17. The lowest BCUT2D eigenvalue weighted by molar-refractivity contribution is 0.305. The van der Waals surface area contributed by atoms with Crippen LogP contribution in [0.25, 0.3) is 0 Å². The molecule has 0 amide bonds. The topological polar surface area (TPSA) is 51.8 Å². The highest BCUT2D eigenvalue weighted by Crippen LogP contribution is 2.31. The molecule has 52 heavy (non-hydrogen) atoms. The zero-order valence-corrected chi connectivity index (χ0v) is 34.1. The van der Waals surface area contributed by atoms with Gasteiger partial charge >= 0.3 is 0 Å². The van der Waals surface area contributed by atoms with E-state index in [2.05, 4.69) is 30.8 Å². The third kappa shape index (κ3) is 24.4. The molecule has 2 aromatic rings. The van der Waals surface area contributed by atoms with Crippen molar-refractivity contribution >= 4 is 11.4 Å². The maximum atomic E-state index is 6.23. The summed E-state index contributed by atoms with van der Waals surface area (Å²) in [7, 11) is 1.69. The minimum atomic E-state index is 0.711. The minimum Gasteiger partial charge on any atom is -0.497 e. The van der Waals surface area contributed by atoms with E-state index in [1.165, 1.54) is 173 Å². The van der Waals surface area contributed by atoms with Crippen molar-refractivity contribution in [3.8, 4) is 17.2 Å².